The highest BCUT2D eigenvalue weighted by Crippen LogP contribution is 2.19. The molecule has 0 aliphatic carbocycles. The third-order valence-electron chi connectivity index (χ3n) is 2.96. The Hall–Kier alpha value is -0.890. The van der Waals surface area contributed by atoms with Gasteiger partial charge >= 0.3 is 0 Å². The number of hydrogen-bond acceptors (Lipinski definition) is 2. The molecule has 1 unspecified atom stereocenters. The Labute approximate surface area is 99.5 Å². The Morgan fingerprint density at radius 3 is 2.50 bits per heavy atom. The molecule has 90 valence electrons. The van der Waals surface area contributed by atoms with Crippen molar-refractivity contribution in [3.8, 4) is 0 Å². The number of aromatic nitrogens is 1. The van der Waals surface area contributed by atoms with Crippen molar-refractivity contribution in [1.29, 1.82) is 0 Å². The molecular formula is C14H24N2. The lowest BCUT2D eigenvalue weighted by molar-refractivity contribution is 0.470. The Morgan fingerprint density at radius 2 is 2.00 bits per heavy atom. The Morgan fingerprint density at radius 1 is 1.25 bits per heavy atom. The molecule has 1 heterocycles. The lowest BCUT2D eigenvalue weighted by Crippen LogP contribution is -2.16. The van der Waals surface area contributed by atoms with Crippen molar-refractivity contribution in [2.24, 2.45) is 5.92 Å². The number of hydrogen-bond donors (Lipinski definition) is 1. The lowest BCUT2D eigenvalue weighted by Gasteiger charge is -2.16. The molecule has 0 amide bonds. The predicted octanol–water partition coefficient (Wildman–Crippen LogP) is 3.48. The minimum absolute atomic E-state index is 0.451. The molecule has 0 aliphatic heterocycles. The van der Waals surface area contributed by atoms with Gasteiger partial charge in [0.2, 0.25) is 0 Å². The fourth-order valence-electron chi connectivity index (χ4n) is 1.89. The molecule has 0 radical (unpaired) electrons. The van der Waals surface area contributed by atoms with Crippen molar-refractivity contribution in [2.45, 2.75) is 46.1 Å². The van der Waals surface area contributed by atoms with Gasteiger partial charge in [-0.1, -0.05) is 32.8 Å². The zero-order valence-corrected chi connectivity index (χ0v) is 11.0. The van der Waals surface area contributed by atoms with Gasteiger partial charge in [-0.25, -0.2) is 0 Å². The quantitative estimate of drug-likeness (QED) is 0.794. The van der Waals surface area contributed by atoms with E-state index >= 15 is 0 Å². The molecule has 1 atom stereocenters. The van der Waals surface area contributed by atoms with E-state index in [1.807, 2.05) is 20.2 Å². The van der Waals surface area contributed by atoms with Crippen LogP contribution in [-0.2, 0) is 0 Å². The molecule has 0 fully saturated rings. The van der Waals surface area contributed by atoms with E-state index in [2.05, 4.69) is 36.3 Å². The van der Waals surface area contributed by atoms with Crippen LogP contribution in [0.3, 0.4) is 0 Å². The summed E-state index contributed by atoms with van der Waals surface area (Å²) in [7, 11) is 2.03. The van der Waals surface area contributed by atoms with Crippen molar-refractivity contribution in [3.63, 3.8) is 0 Å². The van der Waals surface area contributed by atoms with Gasteiger partial charge in [0, 0.05) is 17.9 Å². The number of nitrogens with one attached hydrogen (secondary N) is 1. The highest BCUT2D eigenvalue weighted by Gasteiger charge is 2.09. The first-order chi connectivity index (χ1) is 7.63. The van der Waals surface area contributed by atoms with Gasteiger partial charge in [0.25, 0.3) is 0 Å². The molecule has 1 N–H and O–H groups in total. The summed E-state index contributed by atoms with van der Waals surface area (Å²) in [5.74, 6) is 0.800. The zero-order chi connectivity index (χ0) is 12.0. The van der Waals surface area contributed by atoms with Gasteiger partial charge in [-0.15, -0.1) is 0 Å². The molecule has 0 bridgehead atoms. The minimum Gasteiger partial charge on any atom is -0.313 e. The van der Waals surface area contributed by atoms with Crippen LogP contribution in [0.1, 0.15) is 50.4 Å². The molecule has 0 spiro atoms. The third-order valence-corrected chi connectivity index (χ3v) is 2.96. The lowest BCUT2D eigenvalue weighted by atomic mass is 9.99. The van der Waals surface area contributed by atoms with Crippen molar-refractivity contribution < 1.29 is 0 Å². The van der Waals surface area contributed by atoms with Crippen LogP contribution in [0.4, 0.5) is 0 Å². The number of pyridine rings is 1. The van der Waals surface area contributed by atoms with Gasteiger partial charge in [-0.2, -0.15) is 0 Å². The van der Waals surface area contributed by atoms with Gasteiger partial charge in [-0.05, 0) is 37.9 Å². The molecule has 0 saturated heterocycles. The van der Waals surface area contributed by atoms with E-state index in [9.17, 15) is 0 Å². The summed E-state index contributed by atoms with van der Waals surface area (Å²) in [6.45, 7) is 6.58. The first kappa shape index (κ1) is 13.2. The van der Waals surface area contributed by atoms with Crippen molar-refractivity contribution in [1.82, 2.24) is 10.3 Å². The average Bonchev–Trinajstić information content (AvgIpc) is 2.26. The second-order valence-electron chi connectivity index (χ2n) is 4.90. The van der Waals surface area contributed by atoms with Gasteiger partial charge in [-0.3, -0.25) is 4.98 Å². The summed E-state index contributed by atoms with van der Waals surface area (Å²) in [6.07, 6.45) is 5.76. The smallest absolute Gasteiger partial charge is 0.0372 e. The Kier molecular flexibility index (Phi) is 5.47. The van der Waals surface area contributed by atoms with Crippen LogP contribution in [-0.4, -0.2) is 12.0 Å². The van der Waals surface area contributed by atoms with E-state index in [4.69, 9.17) is 0 Å². The number of nitrogens with zero attached hydrogens (tertiary/aromatic N) is 1. The second kappa shape index (κ2) is 6.64. The van der Waals surface area contributed by atoms with Crippen molar-refractivity contribution in [3.05, 3.63) is 29.6 Å². The predicted molar refractivity (Wildman–Crippen MR) is 69.5 cm³/mol. The molecule has 1 aromatic heterocycles. The second-order valence-corrected chi connectivity index (χ2v) is 4.90. The van der Waals surface area contributed by atoms with E-state index in [1.165, 1.54) is 24.8 Å². The Bertz CT molecular complexity index is 290. The standard InChI is InChI=1S/C14H24N2/c1-11(2)6-5-7-14(15-4)13-9-8-12(3)16-10-13/h8-11,14-15H,5-7H2,1-4H3. The molecule has 2 heteroatoms. The van der Waals surface area contributed by atoms with E-state index in [-0.39, 0.29) is 0 Å². The summed E-state index contributed by atoms with van der Waals surface area (Å²) in [6, 6.07) is 4.72. The maximum atomic E-state index is 4.35. The summed E-state index contributed by atoms with van der Waals surface area (Å²) in [5.41, 5.74) is 2.39. The molecule has 0 saturated carbocycles. The molecule has 1 rings (SSSR count). The van der Waals surface area contributed by atoms with Gasteiger partial charge in [0.1, 0.15) is 0 Å². The molecule has 1 aromatic rings. The van der Waals surface area contributed by atoms with Gasteiger partial charge in [0.15, 0.2) is 0 Å². The fourth-order valence-corrected chi connectivity index (χ4v) is 1.89. The molecule has 0 aromatic carbocycles. The van der Waals surface area contributed by atoms with Crippen molar-refractivity contribution >= 4 is 0 Å². The van der Waals surface area contributed by atoms with Crippen LogP contribution in [0, 0.1) is 12.8 Å². The maximum Gasteiger partial charge on any atom is 0.0372 e. The van der Waals surface area contributed by atoms with Crippen LogP contribution in [0.2, 0.25) is 0 Å². The third kappa shape index (κ3) is 4.31. The molecule has 2 nitrogen and oxygen atoms in total. The van der Waals surface area contributed by atoms with E-state index < -0.39 is 0 Å². The largest absolute Gasteiger partial charge is 0.313 e. The topological polar surface area (TPSA) is 24.9 Å². The van der Waals surface area contributed by atoms with E-state index in [1.54, 1.807) is 0 Å². The summed E-state index contributed by atoms with van der Waals surface area (Å²) >= 11 is 0. The summed E-state index contributed by atoms with van der Waals surface area (Å²) in [4.78, 5) is 4.35. The van der Waals surface area contributed by atoms with Crippen LogP contribution in [0.25, 0.3) is 0 Å². The minimum atomic E-state index is 0.451. The highest BCUT2D eigenvalue weighted by molar-refractivity contribution is 5.17. The SMILES string of the molecule is CNC(CCCC(C)C)c1ccc(C)nc1. The molecule has 0 aliphatic rings. The highest BCUT2D eigenvalue weighted by atomic mass is 14.9. The molecule has 16 heavy (non-hydrogen) atoms. The first-order valence-electron chi connectivity index (χ1n) is 6.23. The Balaban J connectivity index is 2.50. The van der Waals surface area contributed by atoms with Crippen LogP contribution >= 0.6 is 0 Å². The number of aryl methyl sites for hydroxylation is 1. The van der Waals surface area contributed by atoms with Crippen LogP contribution in [0.15, 0.2) is 18.3 Å². The summed E-state index contributed by atoms with van der Waals surface area (Å²) < 4.78 is 0. The first-order valence-corrected chi connectivity index (χ1v) is 6.23. The monoisotopic (exact) mass is 220 g/mol. The normalized spacial score (nSPS) is 13.1. The maximum absolute atomic E-state index is 4.35. The van der Waals surface area contributed by atoms with Gasteiger partial charge in [0.05, 0.1) is 0 Å². The van der Waals surface area contributed by atoms with Gasteiger partial charge < -0.3 is 5.32 Å². The van der Waals surface area contributed by atoms with Crippen molar-refractivity contribution in [2.75, 3.05) is 7.05 Å². The fraction of sp³-hybridized carbons (Fsp3) is 0.643. The van der Waals surface area contributed by atoms with E-state index in [0.717, 1.165) is 11.6 Å². The average molecular weight is 220 g/mol. The zero-order valence-electron chi connectivity index (χ0n) is 11.0. The van der Waals surface area contributed by atoms with Crippen LogP contribution in [0.5, 0.6) is 0 Å². The number of rotatable bonds is 6. The van der Waals surface area contributed by atoms with E-state index in [0.29, 0.717) is 6.04 Å². The molecular weight excluding hydrogens is 196 g/mol. The summed E-state index contributed by atoms with van der Waals surface area (Å²) in [5, 5.41) is 3.37. The van der Waals surface area contributed by atoms with Crippen LogP contribution < -0.4 is 5.32 Å².